The van der Waals surface area contributed by atoms with Gasteiger partial charge in [0, 0.05) is 13.0 Å². The van der Waals surface area contributed by atoms with Gasteiger partial charge < -0.3 is 42.2 Å². The average molecular weight is 608 g/mol. The zero-order valence-corrected chi connectivity index (χ0v) is 24.9. The predicted octanol–water partition coefficient (Wildman–Crippen LogP) is 0.484. The summed E-state index contributed by atoms with van der Waals surface area (Å²) in [6.07, 6.45) is 1.81. The van der Waals surface area contributed by atoms with Crippen molar-refractivity contribution >= 4 is 36.1 Å². The fraction of sp³-hybridized carbons (Fsp3) is 0.419. The zero-order valence-electron chi connectivity index (χ0n) is 24.9. The molecule has 0 spiro atoms. The molecule has 0 saturated carbocycles. The van der Waals surface area contributed by atoms with Crippen LogP contribution in [0.25, 0.3) is 0 Å². The van der Waals surface area contributed by atoms with E-state index in [-0.39, 0.29) is 31.3 Å². The number of nitrogens with one attached hydrogen (secondary N) is 5. The maximum absolute atomic E-state index is 13.7. The van der Waals surface area contributed by atoms with Crippen molar-refractivity contribution in [2.24, 2.45) is 16.6 Å². The number of carboxylic acids is 1. The highest BCUT2D eigenvalue weighted by Crippen LogP contribution is 2.12. The van der Waals surface area contributed by atoms with Crippen LogP contribution in [0.3, 0.4) is 0 Å². The van der Waals surface area contributed by atoms with Crippen LogP contribution < -0.4 is 32.3 Å². The first-order valence-corrected chi connectivity index (χ1v) is 14.6. The fourth-order valence-corrected chi connectivity index (χ4v) is 4.84. The predicted molar refractivity (Wildman–Crippen MR) is 165 cm³/mol. The van der Waals surface area contributed by atoms with Gasteiger partial charge in [0.15, 0.2) is 5.96 Å². The average Bonchev–Trinajstić information content (AvgIpc) is 3.02. The lowest BCUT2D eigenvalue weighted by Gasteiger charge is -2.33. The first kappa shape index (κ1) is 33.6. The number of aliphatic carboxylic acids is 1. The Morgan fingerprint density at radius 3 is 2.11 bits per heavy atom. The Morgan fingerprint density at radius 2 is 1.57 bits per heavy atom. The molecule has 1 heterocycles. The molecule has 1 aliphatic rings. The summed E-state index contributed by atoms with van der Waals surface area (Å²) in [5, 5.41) is 23.1. The molecule has 13 heteroatoms. The molecule has 0 unspecified atom stereocenters. The van der Waals surface area contributed by atoms with Crippen LogP contribution in [-0.2, 0) is 32.0 Å². The maximum Gasteiger partial charge on any atom is 0.326 e. The van der Waals surface area contributed by atoms with Gasteiger partial charge in [0.25, 0.3) is 0 Å². The molecule has 8 N–H and O–H groups in total. The number of hydrogen-bond donors (Lipinski definition) is 7. The summed E-state index contributed by atoms with van der Waals surface area (Å²) in [6.45, 7) is 3.94. The van der Waals surface area contributed by atoms with Gasteiger partial charge in [0.1, 0.15) is 24.4 Å². The second-order valence-electron chi connectivity index (χ2n) is 10.8. The summed E-state index contributed by atoms with van der Waals surface area (Å²) in [4.78, 5) is 68.0. The Balaban J connectivity index is 1.76. The lowest BCUT2D eigenvalue weighted by atomic mass is 9.96. The monoisotopic (exact) mass is 607 g/mol. The van der Waals surface area contributed by atoms with Crippen LogP contribution >= 0.6 is 0 Å². The Kier molecular flexibility index (Phi) is 12.7. The van der Waals surface area contributed by atoms with E-state index in [2.05, 4.69) is 31.6 Å². The number of aldehydes is 1. The van der Waals surface area contributed by atoms with E-state index in [0.717, 1.165) is 5.56 Å². The van der Waals surface area contributed by atoms with Crippen LogP contribution in [0.15, 0.2) is 65.7 Å². The number of urea groups is 1. The van der Waals surface area contributed by atoms with Gasteiger partial charge in [-0.25, -0.2) is 9.59 Å². The molecule has 1 aliphatic heterocycles. The van der Waals surface area contributed by atoms with Crippen molar-refractivity contribution in [3.63, 3.8) is 0 Å². The summed E-state index contributed by atoms with van der Waals surface area (Å²) in [7, 11) is 0. The molecule has 3 rings (SSSR count). The van der Waals surface area contributed by atoms with E-state index in [0.29, 0.717) is 24.7 Å². The number of amides is 4. The van der Waals surface area contributed by atoms with Crippen LogP contribution in [0, 0.1) is 5.92 Å². The minimum Gasteiger partial charge on any atom is -0.480 e. The Bertz CT molecular complexity index is 1310. The Hall–Kier alpha value is -4.94. The molecule has 0 aliphatic carbocycles. The quantitative estimate of drug-likeness (QED) is 0.142. The molecule has 0 aromatic heterocycles. The molecule has 0 radical (unpaired) electrons. The van der Waals surface area contributed by atoms with Crippen LogP contribution in [0.1, 0.15) is 37.8 Å². The van der Waals surface area contributed by atoms with Crippen LogP contribution in [0.5, 0.6) is 0 Å². The summed E-state index contributed by atoms with van der Waals surface area (Å²) in [5.74, 6) is -2.72. The molecule has 44 heavy (non-hydrogen) atoms. The molecule has 0 bridgehead atoms. The first-order valence-electron chi connectivity index (χ1n) is 14.6. The van der Waals surface area contributed by atoms with E-state index in [9.17, 15) is 29.1 Å². The summed E-state index contributed by atoms with van der Waals surface area (Å²) >= 11 is 0. The van der Waals surface area contributed by atoms with Crippen molar-refractivity contribution in [1.29, 1.82) is 0 Å². The highest BCUT2D eigenvalue weighted by Gasteiger charge is 2.36. The number of nitrogens with zero attached hydrogens (tertiary/aromatic N) is 1. The highest BCUT2D eigenvalue weighted by molar-refractivity contribution is 5.94. The van der Waals surface area contributed by atoms with Gasteiger partial charge in [-0.1, -0.05) is 80.9 Å². The molecule has 236 valence electrons. The molecule has 0 saturated heterocycles. The SMILES string of the molecule is CC[C@H](C)[C@H](NC(=O)[C@H](NC(=O)N[C@@H](Cc1ccccc1)C(=O)O)[C@H]1CCN=C(N)N1)C(=O)N[C@H](C=O)Cc1ccccc1. The molecule has 2 aromatic rings. The van der Waals surface area contributed by atoms with Gasteiger partial charge >= 0.3 is 12.0 Å². The highest BCUT2D eigenvalue weighted by atomic mass is 16.4. The minimum atomic E-state index is -1.27. The standard InChI is InChI=1S/C31H41N7O6/c1-3-19(2)25(27(40)34-22(18-39)16-20-10-6-4-7-11-20)37-28(41)26(23-14-15-33-30(32)35-23)38-31(44)36-24(29(42)43)17-21-12-8-5-9-13-21/h4-13,18-19,22-26H,3,14-17H2,1-2H3,(H,34,40)(H,37,41)(H,42,43)(H3,32,33,35)(H2,36,38,44)/t19-,22-,23+,24-,25-,26+/m0/s1. The largest absolute Gasteiger partial charge is 0.480 e. The number of benzene rings is 2. The maximum atomic E-state index is 13.7. The molecule has 6 atom stereocenters. The Labute approximate surface area is 256 Å². The number of guanidine groups is 1. The van der Waals surface area contributed by atoms with Gasteiger partial charge in [0.05, 0.1) is 12.1 Å². The Morgan fingerprint density at radius 1 is 0.955 bits per heavy atom. The van der Waals surface area contributed by atoms with Crippen LogP contribution in [0.2, 0.25) is 0 Å². The van der Waals surface area contributed by atoms with E-state index in [4.69, 9.17) is 5.73 Å². The van der Waals surface area contributed by atoms with Gasteiger partial charge in [-0.15, -0.1) is 0 Å². The third kappa shape index (κ3) is 10.1. The molecule has 0 fully saturated rings. The number of nitrogens with two attached hydrogens (primary N) is 1. The van der Waals surface area contributed by atoms with E-state index in [1.807, 2.05) is 37.3 Å². The molecular weight excluding hydrogens is 566 g/mol. The van der Waals surface area contributed by atoms with Crippen molar-refractivity contribution in [3.05, 3.63) is 71.8 Å². The molecule has 4 amide bonds. The molecule has 2 aromatic carbocycles. The second-order valence-corrected chi connectivity index (χ2v) is 10.8. The van der Waals surface area contributed by atoms with Crippen molar-refractivity contribution in [2.75, 3.05) is 6.54 Å². The molecular formula is C31H41N7O6. The van der Waals surface area contributed by atoms with E-state index in [1.165, 1.54) is 0 Å². The number of carboxylic acid groups (broad SMARTS) is 1. The minimum absolute atomic E-state index is 0.0267. The lowest BCUT2D eigenvalue weighted by Crippen LogP contribution is -2.65. The first-order chi connectivity index (χ1) is 21.1. The third-order valence-electron chi connectivity index (χ3n) is 7.50. The topological polar surface area (TPSA) is 204 Å². The third-order valence-corrected chi connectivity index (χ3v) is 7.50. The van der Waals surface area contributed by atoms with Crippen LogP contribution in [0.4, 0.5) is 4.79 Å². The number of aliphatic imine (C=N–C) groups is 1. The van der Waals surface area contributed by atoms with Crippen molar-refractivity contribution in [2.45, 2.75) is 69.7 Å². The van der Waals surface area contributed by atoms with E-state index < -0.39 is 54.0 Å². The van der Waals surface area contributed by atoms with Gasteiger partial charge in [-0.3, -0.25) is 14.6 Å². The van der Waals surface area contributed by atoms with Crippen molar-refractivity contribution in [1.82, 2.24) is 26.6 Å². The number of carbonyl (C=O) groups excluding carboxylic acids is 4. The number of carbonyl (C=O) groups is 5. The van der Waals surface area contributed by atoms with Gasteiger partial charge in [0.2, 0.25) is 11.8 Å². The lowest BCUT2D eigenvalue weighted by molar-refractivity contribution is -0.139. The van der Waals surface area contributed by atoms with Gasteiger partial charge in [-0.05, 0) is 29.9 Å². The molecule has 13 nitrogen and oxygen atoms in total. The van der Waals surface area contributed by atoms with Crippen molar-refractivity contribution in [3.8, 4) is 0 Å². The zero-order chi connectivity index (χ0) is 32.1. The van der Waals surface area contributed by atoms with E-state index in [1.54, 1.807) is 37.3 Å². The number of hydrogen-bond acceptors (Lipinski definition) is 8. The van der Waals surface area contributed by atoms with Crippen LogP contribution in [-0.4, -0.2) is 77.9 Å². The van der Waals surface area contributed by atoms with Crippen molar-refractivity contribution < 1.29 is 29.1 Å². The second kappa shape index (κ2) is 16.6. The fourth-order valence-electron chi connectivity index (χ4n) is 4.84. The number of rotatable bonds is 15. The summed E-state index contributed by atoms with van der Waals surface area (Å²) in [6, 6.07) is 12.1. The summed E-state index contributed by atoms with van der Waals surface area (Å²) in [5.41, 5.74) is 7.42. The van der Waals surface area contributed by atoms with E-state index >= 15 is 0 Å². The normalized spacial score (nSPS) is 17.7. The smallest absolute Gasteiger partial charge is 0.326 e. The van der Waals surface area contributed by atoms with Gasteiger partial charge in [-0.2, -0.15) is 0 Å². The summed E-state index contributed by atoms with van der Waals surface area (Å²) < 4.78 is 0.